The average Bonchev–Trinajstić information content (AvgIpc) is 2.68. The molecular weight excluding hydrogens is 346 g/mol. The standard InChI is InChI=1S/C21H27N3O.ClH/c1-2-24(16-17-6-4-3-5-7-17)20-10-8-18(9-11-20)21(25)23-19-12-14-22-15-13-19;/h3-11,19,22H,2,12-16H2,1H3,(H,23,25);1H. The van der Waals surface area contributed by atoms with Gasteiger partial charge in [0, 0.05) is 30.4 Å². The summed E-state index contributed by atoms with van der Waals surface area (Å²) in [6, 6.07) is 18.7. The third-order valence-electron chi connectivity index (χ3n) is 4.77. The first-order chi connectivity index (χ1) is 12.3. The Kier molecular flexibility index (Phi) is 7.95. The molecule has 4 nitrogen and oxygen atoms in total. The number of nitrogens with zero attached hydrogens (tertiary/aromatic N) is 1. The summed E-state index contributed by atoms with van der Waals surface area (Å²) in [5.74, 6) is 0.0320. The molecule has 0 aliphatic carbocycles. The van der Waals surface area contributed by atoms with Crippen LogP contribution in [0.5, 0.6) is 0 Å². The quantitative estimate of drug-likeness (QED) is 0.812. The molecule has 2 N–H and O–H groups in total. The van der Waals surface area contributed by atoms with E-state index in [1.165, 1.54) is 5.56 Å². The van der Waals surface area contributed by atoms with Gasteiger partial charge in [0.05, 0.1) is 0 Å². The highest BCUT2D eigenvalue weighted by molar-refractivity contribution is 5.94. The number of amides is 1. The van der Waals surface area contributed by atoms with E-state index in [0.717, 1.165) is 50.3 Å². The Bertz CT molecular complexity index is 669. The van der Waals surface area contributed by atoms with E-state index in [0.29, 0.717) is 6.04 Å². The number of rotatable bonds is 6. The number of hydrogen-bond donors (Lipinski definition) is 2. The van der Waals surface area contributed by atoms with Crippen LogP contribution in [-0.2, 0) is 6.54 Å². The van der Waals surface area contributed by atoms with Gasteiger partial charge in [-0.1, -0.05) is 30.3 Å². The van der Waals surface area contributed by atoms with Crippen molar-refractivity contribution in [1.82, 2.24) is 10.6 Å². The molecule has 0 spiro atoms. The van der Waals surface area contributed by atoms with Crippen LogP contribution in [0.1, 0.15) is 35.7 Å². The first-order valence-corrected chi connectivity index (χ1v) is 9.17. The molecule has 5 heteroatoms. The van der Waals surface area contributed by atoms with E-state index >= 15 is 0 Å². The smallest absolute Gasteiger partial charge is 0.251 e. The van der Waals surface area contributed by atoms with Gasteiger partial charge < -0.3 is 15.5 Å². The molecule has 1 aliphatic heterocycles. The number of anilines is 1. The Morgan fingerprint density at radius 2 is 1.73 bits per heavy atom. The van der Waals surface area contributed by atoms with Crippen LogP contribution in [0.15, 0.2) is 54.6 Å². The normalized spacial score (nSPS) is 14.3. The number of nitrogens with one attached hydrogen (secondary N) is 2. The number of hydrogen-bond acceptors (Lipinski definition) is 3. The van der Waals surface area contributed by atoms with Gasteiger partial charge in [-0.3, -0.25) is 4.79 Å². The molecule has 0 saturated carbocycles. The zero-order chi connectivity index (χ0) is 17.5. The molecule has 2 aromatic carbocycles. The van der Waals surface area contributed by atoms with E-state index in [9.17, 15) is 4.79 Å². The Hall–Kier alpha value is -2.04. The van der Waals surface area contributed by atoms with Crippen molar-refractivity contribution in [3.63, 3.8) is 0 Å². The van der Waals surface area contributed by atoms with Crippen LogP contribution >= 0.6 is 12.4 Å². The molecule has 2 aromatic rings. The highest BCUT2D eigenvalue weighted by Crippen LogP contribution is 2.18. The summed E-state index contributed by atoms with van der Waals surface area (Å²) in [6.07, 6.45) is 2.01. The molecule has 0 radical (unpaired) electrons. The number of benzene rings is 2. The van der Waals surface area contributed by atoms with Gasteiger partial charge in [0.1, 0.15) is 0 Å². The number of halogens is 1. The van der Waals surface area contributed by atoms with Crippen LogP contribution in [0.4, 0.5) is 5.69 Å². The predicted molar refractivity (Wildman–Crippen MR) is 110 cm³/mol. The molecule has 26 heavy (non-hydrogen) atoms. The summed E-state index contributed by atoms with van der Waals surface area (Å²) < 4.78 is 0. The van der Waals surface area contributed by atoms with E-state index in [4.69, 9.17) is 0 Å². The molecule has 0 aromatic heterocycles. The topological polar surface area (TPSA) is 44.4 Å². The third-order valence-corrected chi connectivity index (χ3v) is 4.77. The van der Waals surface area contributed by atoms with Crippen molar-refractivity contribution < 1.29 is 4.79 Å². The van der Waals surface area contributed by atoms with Crippen LogP contribution in [0.3, 0.4) is 0 Å². The average molecular weight is 374 g/mol. The van der Waals surface area contributed by atoms with Gasteiger partial charge in [0.2, 0.25) is 0 Å². The first-order valence-electron chi connectivity index (χ1n) is 9.17. The van der Waals surface area contributed by atoms with E-state index in [1.807, 2.05) is 30.3 Å². The van der Waals surface area contributed by atoms with Gasteiger partial charge in [0.15, 0.2) is 0 Å². The highest BCUT2D eigenvalue weighted by atomic mass is 35.5. The van der Waals surface area contributed by atoms with Gasteiger partial charge in [0.25, 0.3) is 5.91 Å². The van der Waals surface area contributed by atoms with E-state index in [-0.39, 0.29) is 18.3 Å². The van der Waals surface area contributed by atoms with Crippen molar-refractivity contribution in [2.45, 2.75) is 32.4 Å². The maximum absolute atomic E-state index is 12.4. The minimum atomic E-state index is 0. The molecule has 1 fully saturated rings. The summed E-state index contributed by atoms with van der Waals surface area (Å²) in [5, 5.41) is 6.46. The highest BCUT2D eigenvalue weighted by Gasteiger charge is 2.16. The van der Waals surface area contributed by atoms with Crippen LogP contribution in [0.25, 0.3) is 0 Å². The van der Waals surface area contributed by atoms with Crippen molar-refractivity contribution in [1.29, 1.82) is 0 Å². The lowest BCUT2D eigenvalue weighted by Crippen LogP contribution is -2.42. The molecule has 0 atom stereocenters. The second-order valence-electron chi connectivity index (χ2n) is 6.54. The lowest BCUT2D eigenvalue weighted by Gasteiger charge is -2.25. The van der Waals surface area contributed by atoms with E-state index in [1.54, 1.807) is 0 Å². The first kappa shape index (κ1) is 20.3. The van der Waals surface area contributed by atoms with Crippen LogP contribution < -0.4 is 15.5 Å². The molecule has 0 unspecified atom stereocenters. The van der Waals surface area contributed by atoms with E-state index in [2.05, 4.69) is 46.7 Å². The molecule has 1 saturated heterocycles. The van der Waals surface area contributed by atoms with Gasteiger partial charge in [-0.25, -0.2) is 0 Å². The van der Waals surface area contributed by atoms with Crippen molar-refractivity contribution >= 4 is 24.0 Å². The maximum atomic E-state index is 12.4. The van der Waals surface area contributed by atoms with Crippen molar-refractivity contribution in [2.24, 2.45) is 0 Å². The van der Waals surface area contributed by atoms with Crippen LogP contribution in [0, 0.1) is 0 Å². The van der Waals surface area contributed by atoms with Crippen LogP contribution in [0.2, 0.25) is 0 Å². The summed E-state index contributed by atoms with van der Waals surface area (Å²) >= 11 is 0. The lowest BCUT2D eigenvalue weighted by molar-refractivity contribution is 0.0929. The fraction of sp³-hybridized carbons (Fsp3) is 0.381. The van der Waals surface area contributed by atoms with Crippen molar-refractivity contribution in [3.8, 4) is 0 Å². The molecule has 0 bridgehead atoms. The fourth-order valence-corrected chi connectivity index (χ4v) is 3.25. The molecule has 140 valence electrons. The fourth-order valence-electron chi connectivity index (χ4n) is 3.25. The second-order valence-corrected chi connectivity index (χ2v) is 6.54. The Morgan fingerprint density at radius 3 is 2.35 bits per heavy atom. The minimum Gasteiger partial charge on any atom is -0.367 e. The molecular formula is C21H28ClN3O. The molecule has 1 aliphatic rings. The minimum absolute atomic E-state index is 0. The number of piperidine rings is 1. The van der Waals surface area contributed by atoms with Gasteiger partial charge in [-0.15, -0.1) is 12.4 Å². The Morgan fingerprint density at radius 1 is 1.08 bits per heavy atom. The van der Waals surface area contributed by atoms with Gasteiger partial charge in [-0.05, 0) is 62.7 Å². The summed E-state index contributed by atoms with van der Waals surface area (Å²) in [4.78, 5) is 14.7. The molecule has 1 amide bonds. The molecule has 1 heterocycles. The summed E-state index contributed by atoms with van der Waals surface area (Å²) in [6.45, 7) is 5.91. The number of carbonyl (C=O) groups excluding carboxylic acids is 1. The summed E-state index contributed by atoms with van der Waals surface area (Å²) in [7, 11) is 0. The van der Waals surface area contributed by atoms with Crippen molar-refractivity contribution in [3.05, 3.63) is 65.7 Å². The Balaban J connectivity index is 0.00000243. The molecule has 3 rings (SSSR count). The maximum Gasteiger partial charge on any atom is 0.251 e. The van der Waals surface area contributed by atoms with Crippen molar-refractivity contribution in [2.75, 3.05) is 24.5 Å². The third kappa shape index (κ3) is 5.48. The zero-order valence-corrected chi connectivity index (χ0v) is 16.1. The largest absolute Gasteiger partial charge is 0.367 e. The number of carbonyl (C=O) groups is 1. The summed E-state index contributed by atoms with van der Waals surface area (Å²) in [5.41, 5.74) is 3.17. The lowest BCUT2D eigenvalue weighted by atomic mass is 10.1. The van der Waals surface area contributed by atoms with Crippen LogP contribution in [-0.4, -0.2) is 31.6 Å². The monoisotopic (exact) mass is 373 g/mol. The van der Waals surface area contributed by atoms with E-state index < -0.39 is 0 Å². The SMILES string of the molecule is CCN(Cc1ccccc1)c1ccc(C(=O)NC2CCNCC2)cc1.Cl. The predicted octanol–water partition coefficient (Wildman–Crippen LogP) is 3.62. The second kappa shape index (κ2) is 10.2. The van der Waals surface area contributed by atoms with Gasteiger partial charge in [-0.2, -0.15) is 0 Å². The Labute approximate surface area is 162 Å². The van der Waals surface area contributed by atoms with Gasteiger partial charge >= 0.3 is 0 Å². The zero-order valence-electron chi connectivity index (χ0n) is 15.3.